The van der Waals surface area contributed by atoms with E-state index >= 15 is 0 Å². The number of aliphatic hydroxyl groups is 1. The predicted molar refractivity (Wildman–Crippen MR) is 101 cm³/mol. The lowest BCUT2D eigenvalue weighted by Gasteiger charge is -2.35. The second-order valence-electron chi connectivity index (χ2n) is 6.84. The molecule has 0 saturated carbocycles. The fourth-order valence-corrected chi connectivity index (χ4v) is 3.90. The topological polar surface area (TPSA) is 68.4 Å². The van der Waals surface area contributed by atoms with Gasteiger partial charge in [0, 0.05) is 42.8 Å². The monoisotopic (exact) mass is 343 g/mol. The van der Waals surface area contributed by atoms with Crippen LogP contribution in [0.2, 0.25) is 0 Å². The number of amides is 2. The van der Waals surface area contributed by atoms with E-state index in [1.165, 1.54) is 22.0 Å². The number of nitrogens with zero attached hydrogens (tertiary/aromatic N) is 1. The molecule has 5 nitrogen and oxygen atoms in total. The molecule has 25 heavy (non-hydrogen) atoms. The van der Waals surface area contributed by atoms with Crippen LogP contribution in [0.15, 0.2) is 24.4 Å². The maximum Gasteiger partial charge on any atom is 0.317 e. The number of nitrogens with one attached hydrogen (secondary N) is 2. The Morgan fingerprint density at radius 3 is 3.04 bits per heavy atom. The largest absolute Gasteiger partial charge is 0.396 e. The number of benzene rings is 1. The molecule has 1 unspecified atom stereocenters. The first-order valence-electron chi connectivity index (χ1n) is 9.47. The van der Waals surface area contributed by atoms with Crippen LogP contribution >= 0.6 is 0 Å². The number of aliphatic hydroxyl groups excluding tert-OH is 1. The summed E-state index contributed by atoms with van der Waals surface area (Å²) in [6.07, 6.45) is 7.76. The fraction of sp³-hybridized carbons (Fsp3) is 0.550. The van der Waals surface area contributed by atoms with E-state index in [4.69, 9.17) is 0 Å². The summed E-state index contributed by atoms with van der Waals surface area (Å²) < 4.78 is 0. The second-order valence-corrected chi connectivity index (χ2v) is 6.84. The molecule has 136 valence electrons. The first-order chi connectivity index (χ1) is 12.2. The Labute approximate surface area is 149 Å². The number of rotatable bonds is 6. The lowest BCUT2D eigenvalue weighted by molar-refractivity contribution is 0.132. The highest BCUT2D eigenvalue weighted by Gasteiger charge is 2.25. The van der Waals surface area contributed by atoms with Gasteiger partial charge in [-0.1, -0.05) is 25.1 Å². The Balaban J connectivity index is 1.58. The van der Waals surface area contributed by atoms with Crippen molar-refractivity contribution >= 4 is 16.9 Å². The van der Waals surface area contributed by atoms with Crippen LogP contribution < -0.4 is 5.32 Å². The molecular weight excluding hydrogens is 314 g/mol. The van der Waals surface area contributed by atoms with Crippen LogP contribution in [0.1, 0.15) is 43.7 Å². The van der Waals surface area contributed by atoms with Gasteiger partial charge in [-0.2, -0.15) is 0 Å². The van der Waals surface area contributed by atoms with Crippen molar-refractivity contribution in [1.82, 2.24) is 15.2 Å². The molecule has 1 aliphatic rings. The highest BCUT2D eigenvalue weighted by atomic mass is 16.3. The van der Waals surface area contributed by atoms with Crippen LogP contribution in [-0.2, 0) is 12.8 Å². The van der Waals surface area contributed by atoms with Crippen molar-refractivity contribution in [3.8, 4) is 0 Å². The minimum Gasteiger partial charge on any atom is -0.396 e. The molecule has 0 bridgehead atoms. The molecule has 1 aromatic heterocycles. The third kappa shape index (κ3) is 3.98. The number of fused-ring (bicyclic) bond motifs is 1. The normalized spacial score (nSPS) is 17.8. The smallest absolute Gasteiger partial charge is 0.317 e. The minimum absolute atomic E-state index is 0.00670. The van der Waals surface area contributed by atoms with Gasteiger partial charge in [0.2, 0.25) is 0 Å². The number of aryl methyl sites for hydroxylation is 1. The number of piperidine rings is 1. The number of para-hydroxylation sites is 1. The van der Waals surface area contributed by atoms with Crippen molar-refractivity contribution in [2.24, 2.45) is 0 Å². The number of hydrogen-bond acceptors (Lipinski definition) is 2. The van der Waals surface area contributed by atoms with Gasteiger partial charge in [0.1, 0.15) is 0 Å². The van der Waals surface area contributed by atoms with Gasteiger partial charge in [0.05, 0.1) is 0 Å². The third-order valence-corrected chi connectivity index (χ3v) is 5.29. The molecule has 3 rings (SSSR count). The van der Waals surface area contributed by atoms with E-state index in [9.17, 15) is 9.90 Å². The van der Waals surface area contributed by atoms with Gasteiger partial charge < -0.3 is 20.3 Å². The zero-order valence-corrected chi connectivity index (χ0v) is 15.1. The zero-order valence-electron chi connectivity index (χ0n) is 15.1. The summed E-state index contributed by atoms with van der Waals surface area (Å²) in [6, 6.07) is 6.59. The average molecular weight is 343 g/mol. The maximum atomic E-state index is 12.5. The van der Waals surface area contributed by atoms with Crippen LogP contribution in [0.5, 0.6) is 0 Å². The van der Waals surface area contributed by atoms with Crippen LogP contribution in [-0.4, -0.2) is 46.8 Å². The summed E-state index contributed by atoms with van der Waals surface area (Å²) in [4.78, 5) is 17.8. The van der Waals surface area contributed by atoms with Crippen molar-refractivity contribution in [3.63, 3.8) is 0 Å². The van der Waals surface area contributed by atoms with Crippen molar-refractivity contribution in [2.45, 2.75) is 51.5 Å². The molecule has 2 heterocycles. The molecule has 2 amide bonds. The van der Waals surface area contributed by atoms with Crippen LogP contribution in [0.25, 0.3) is 10.9 Å². The quantitative estimate of drug-likeness (QED) is 0.754. The highest BCUT2D eigenvalue weighted by Crippen LogP contribution is 2.23. The van der Waals surface area contributed by atoms with Crippen molar-refractivity contribution < 1.29 is 9.90 Å². The van der Waals surface area contributed by atoms with Crippen molar-refractivity contribution in [1.29, 1.82) is 0 Å². The number of likely N-dealkylation sites (tertiary alicyclic amines) is 1. The van der Waals surface area contributed by atoms with E-state index < -0.39 is 0 Å². The average Bonchev–Trinajstić information content (AvgIpc) is 3.05. The van der Waals surface area contributed by atoms with Gasteiger partial charge in [-0.15, -0.1) is 0 Å². The van der Waals surface area contributed by atoms with E-state index in [2.05, 4.69) is 41.6 Å². The number of aromatic nitrogens is 1. The first kappa shape index (κ1) is 17.8. The van der Waals surface area contributed by atoms with Crippen LogP contribution in [0.4, 0.5) is 4.79 Å². The van der Waals surface area contributed by atoms with Gasteiger partial charge in [0.15, 0.2) is 0 Å². The zero-order chi connectivity index (χ0) is 17.6. The second kappa shape index (κ2) is 8.39. The Bertz CT molecular complexity index is 708. The summed E-state index contributed by atoms with van der Waals surface area (Å²) in [5, 5.41) is 13.5. The first-order valence-corrected chi connectivity index (χ1v) is 9.47. The minimum atomic E-state index is 0.00670. The summed E-state index contributed by atoms with van der Waals surface area (Å²) >= 11 is 0. The summed E-state index contributed by atoms with van der Waals surface area (Å²) in [6.45, 7) is 3.73. The maximum absolute atomic E-state index is 12.5. The van der Waals surface area contributed by atoms with Crippen molar-refractivity contribution in [3.05, 3.63) is 35.5 Å². The standard InChI is InChI=1S/C20H29N3O2/c1-2-15-6-5-8-18-16(14-22-19(15)18)9-11-21-20(25)23-12-4-3-7-17(23)10-13-24/h5-6,8,14,17,22,24H,2-4,7,9-13H2,1H3,(H,21,25). The Kier molecular flexibility index (Phi) is 5.97. The number of hydrogen-bond donors (Lipinski definition) is 3. The Morgan fingerprint density at radius 1 is 1.36 bits per heavy atom. The van der Waals surface area contributed by atoms with Crippen molar-refractivity contribution in [2.75, 3.05) is 19.7 Å². The number of carbonyl (C=O) groups is 1. The Hall–Kier alpha value is -2.01. The lowest BCUT2D eigenvalue weighted by atomic mass is 10.0. The van der Waals surface area contributed by atoms with Crippen LogP contribution in [0, 0.1) is 0 Å². The number of urea groups is 1. The lowest BCUT2D eigenvalue weighted by Crippen LogP contribution is -2.49. The molecule has 5 heteroatoms. The third-order valence-electron chi connectivity index (χ3n) is 5.29. The number of carbonyl (C=O) groups excluding carboxylic acids is 1. The molecule has 1 atom stereocenters. The molecule has 0 radical (unpaired) electrons. The fourth-order valence-electron chi connectivity index (χ4n) is 3.90. The van der Waals surface area contributed by atoms with Crippen LogP contribution in [0.3, 0.4) is 0 Å². The van der Waals surface area contributed by atoms with Gasteiger partial charge in [-0.05, 0) is 49.7 Å². The molecular formula is C20H29N3O2. The highest BCUT2D eigenvalue weighted by molar-refractivity contribution is 5.86. The summed E-state index contributed by atoms with van der Waals surface area (Å²) in [5.74, 6) is 0. The summed E-state index contributed by atoms with van der Waals surface area (Å²) in [7, 11) is 0. The number of aromatic amines is 1. The molecule has 0 aliphatic carbocycles. The van der Waals surface area contributed by atoms with E-state index in [-0.39, 0.29) is 18.7 Å². The van der Waals surface area contributed by atoms with Gasteiger partial charge in [0.25, 0.3) is 0 Å². The van der Waals surface area contributed by atoms with E-state index in [1.54, 1.807) is 0 Å². The molecule has 1 fully saturated rings. The molecule has 3 N–H and O–H groups in total. The van der Waals surface area contributed by atoms with E-state index in [1.807, 2.05) is 4.90 Å². The van der Waals surface area contributed by atoms with E-state index in [0.29, 0.717) is 13.0 Å². The van der Waals surface area contributed by atoms with Gasteiger partial charge >= 0.3 is 6.03 Å². The molecule has 1 aliphatic heterocycles. The molecule has 1 aromatic carbocycles. The predicted octanol–water partition coefficient (Wildman–Crippen LogP) is 3.22. The number of H-pyrrole nitrogens is 1. The summed E-state index contributed by atoms with van der Waals surface area (Å²) in [5.41, 5.74) is 3.79. The molecule has 1 saturated heterocycles. The molecule has 0 spiro atoms. The molecule has 2 aromatic rings. The van der Waals surface area contributed by atoms with Gasteiger partial charge in [-0.3, -0.25) is 0 Å². The SMILES string of the molecule is CCc1cccc2c(CCNC(=O)N3CCCCC3CCO)c[nH]c12. The van der Waals surface area contributed by atoms with E-state index in [0.717, 1.165) is 38.6 Å². The Morgan fingerprint density at radius 2 is 2.24 bits per heavy atom. The van der Waals surface area contributed by atoms with Gasteiger partial charge in [-0.25, -0.2) is 4.79 Å².